The SMILES string of the molecule is Cc1nc2ccc(Oc3ccc4nc(Cl)c(-c5cnn(C6C[C@H]7CC[C@@H](C6)N7C)c5)nc4c3)cc2[nH]1. The van der Waals surface area contributed by atoms with Crippen LogP contribution in [-0.4, -0.2) is 53.7 Å². The fourth-order valence-electron chi connectivity index (χ4n) is 5.83. The van der Waals surface area contributed by atoms with E-state index in [2.05, 4.69) is 37.8 Å². The van der Waals surface area contributed by atoms with Crippen molar-refractivity contribution < 1.29 is 4.74 Å². The van der Waals surface area contributed by atoms with E-state index < -0.39 is 0 Å². The summed E-state index contributed by atoms with van der Waals surface area (Å²) in [5.41, 5.74) is 4.81. The first kappa shape index (κ1) is 21.8. The molecule has 1 N–H and O–H groups in total. The van der Waals surface area contributed by atoms with E-state index in [9.17, 15) is 0 Å². The lowest BCUT2D eigenvalue weighted by molar-refractivity contribution is 0.131. The molecule has 0 amide bonds. The van der Waals surface area contributed by atoms with Crippen LogP contribution < -0.4 is 4.74 Å². The molecule has 0 aliphatic carbocycles. The summed E-state index contributed by atoms with van der Waals surface area (Å²) < 4.78 is 8.23. The number of halogens is 1. The molecule has 2 aliphatic rings. The Morgan fingerprint density at radius 1 is 0.917 bits per heavy atom. The van der Waals surface area contributed by atoms with E-state index in [1.807, 2.05) is 49.5 Å². The predicted octanol–water partition coefficient (Wildman–Crippen LogP) is 5.92. The third-order valence-corrected chi connectivity index (χ3v) is 7.99. The van der Waals surface area contributed by atoms with E-state index in [1.54, 1.807) is 0 Å². The minimum atomic E-state index is 0.374. The van der Waals surface area contributed by atoms with Crippen molar-refractivity contribution in [3.05, 3.63) is 59.8 Å². The molecule has 2 aromatic carbocycles. The summed E-state index contributed by atoms with van der Waals surface area (Å²) in [5.74, 6) is 2.28. The van der Waals surface area contributed by atoms with Crippen LogP contribution in [0.15, 0.2) is 48.8 Å². The molecule has 182 valence electrons. The molecular weight excluding hydrogens is 474 g/mol. The highest BCUT2D eigenvalue weighted by Crippen LogP contribution is 2.40. The molecule has 8 nitrogen and oxygen atoms in total. The van der Waals surface area contributed by atoms with Gasteiger partial charge in [0.15, 0.2) is 5.15 Å². The Hall–Kier alpha value is -3.49. The predicted molar refractivity (Wildman–Crippen MR) is 140 cm³/mol. The Kier molecular flexibility index (Phi) is 5.01. The number of imidazole rings is 1. The Bertz CT molecular complexity index is 1590. The highest BCUT2D eigenvalue weighted by atomic mass is 35.5. The van der Waals surface area contributed by atoms with Gasteiger partial charge in [0.05, 0.1) is 34.3 Å². The zero-order chi connectivity index (χ0) is 24.4. The number of aromatic amines is 1. The Morgan fingerprint density at radius 3 is 2.47 bits per heavy atom. The normalized spacial score (nSPS) is 22.0. The molecule has 5 heterocycles. The van der Waals surface area contributed by atoms with Gasteiger partial charge in [0.25, 0.3) is 0 Å². The van der Waals surface area contributed by atoms with Crippen molar-refractivity contribution in [2.45, 2.75) is 50.7 Å². The van der Waals surface area contributed by atoms with Gasteiger partial charge in [-0.1, -0.05) is 11.6 Å². The van der Waals surface area contributed by atoms with Gasteiger partial charge in [-0.15, -0.1) is 0 Å². The topological polar surface area (TPSA) is 84.8 Å². The zero-order valence-corrected chi connectivity index (χ0v) is 20.9. The van der Waals surface area contributed by atoms with Crippen LogP contribution in [0.5, 0.6) is 11.5 Å². The summed E-state index contributed by atoms with van der Waals surface area (Å²) in [6.07, 6.45) is 8.76. The smallest absolute Gasteiger partial charge is 0.156 e. The molecule has 3 atom stereocenters. The molecule has 3 aromatic heterocycles. The van der Waals surface area contributed by atoms with E-state index in [0.29, 0.717) is 34.7 Å². The highest BCUT2D eigenvalue weighted by Gasteiger charge is 2.39. The van der Waals surface area contributed by atoms with Gasteiger partial charge in [-0.25, -0.2) is 15.0 Å². The molecule has 2 saturated heterocycles. The van der Waals surface area contributed by atoms with Crippen LogP contribution in [0, 0.1) is 6.92 Å². The fourth-order valence-corrected chi connectivity index (χ4v) is 6.08. The fraction of sp³-hybridized carbons (Fsp3) is 0.333. The summed E-state index contributed by atoms with van der Waals surface area (Å²) in [6, 6.07) is 13.2. The number of fused-ring (bicyclic) bond motifs is 4. The average molecular weight is 500 g/mol. The molecule has 2 aliphatic heterocycles. The monoisotopic (exact) mass is 499 g/mol. The summed E-state index contributed by atoms with van der Waals surface area (Å²) >= 11 is 6.58. The van der Waals surface area contributed by atoms with Gasteiger partial charge in [-0.05, 0) is 63.9 Å². The Labute approximate surface area is 213 Å². The Balaban J connectivity index is 1.17. The summed E-state index contributed by atoms with van der Waals surface area (Å²) in [5, 5.41) is 5.07. The molecule has 2 fully saturated rings. The lowest BCUT2D eigenvalue weighted by Gasteiger charge is -2.36. The zero-order valence-electron chi connectivity index (χ0n) is 20.1. The number of nitrogens with one attached hydrogen (secondary N) is 1. The van der Waals surface area contributed by atoms with E-state index in [0.717, 1.165) is 52.0 Å². The second-order valence-electron chi connectivity index (χ2n) is 10.0. The van der Waals surface area contributed by atoms with E-state index in [4.69, 9.17) is 26.4 Å². The molecule has 9 heteroatoms. The minimum Gasteiger partial charge on any atom is -0.457 e. The molecule has 5 aromatic rings. The first-order valence-electron chi connectivity index (χ1n) is 12.4. The molecule has 0 radical (unpaired) electrons. The number of hydrogen-bond acceptors (Lipinski definition) is 6. The first-order chi connectivity index (χ1) is 17.5. The Morgan fingerprint density at radius 2 is 1.67 bits per heavy atom. The standard InChI is InChI=1S/C27H26ClN7O/c1-15-30-22-7-5-20(11-24(22)31-15)36-21-6-8-23-25(12-21)32-26(27(28)33-23)16-13-29-35(14-16)19-9-17-3-4-18(10-19)34(17)2/h5-8,11-14,17-19H,3-4,9-10H2,1-2H3,(H,30,31)/t17-,18+,19?. The van der Waals surface area contributed by atoms with Gasteiger partial charge in [0, 0.05) is 36.0 Å². The molecule has 0 spiro atoms. The number of hydrogen-bond donors (Lipinski definition) is 1. The number of aryl methyl sites for hydroxylation is 1. The van der Waals surface area contributed by atoms with Gasteiger partial charge in [-0.2, -0.15) is 5.10 Å². The number of ether oxygens (including phenoxy) is 1. The number of H-pyrrole nitrogens is 1. The summed E-state index contributed by atoms with van der Waals surface area (Å²) in [4.78, 5) is 19.7. The van der Waals surface area contributed by atoms with Crippen LogP contribution in [0.1, 0.15) is 37.5 Å². The van der Waals surface area contributed by atoms with E-state index >= 15 is 0 Å². The highest BCUT2D eigenvalue weighted by molar-refractivity contribution is 6.32. The van der Waals surface area contributed by atoms with Gasteiger partial charge in [0.1, 0.15) is 23.0 Å². The van der Waals surface area contributed by atoms with Gasteiger partial charge < -0.3 is 14.6 Å². The number of aromatic nitrogens is 6. The van der Waals surface area contributed by atoms with E-state index in [1.165, 1.54) is 12.8 Å². The van der Waals surface area contributed by atoms with Gasteiger partial charge in [-0.3, -0.25) is 4.68 Å². The van der Waals surface area contributed by atoms with Crippen molar-refractivity contribution in [2.75, 3.05) is 7.05 Å². The third kappa shape index (κ3) is 3.72. The van der Waals surface area contributed by atoms with Crippen LogP contribution in [0.25, 0.3) is 33.3 Å². The lowest BCUT2D eigenvalue weighted by Crippen LogP contribution is -2.40. The number of piperidine rings is 1. The maximum atomic E-state index is 6.58. The van der Waals surface area contributed by atoms with E-state index in [-0.39, 0.29) is 0 Å². The maximum absolute atomic E-state index is 6.58. The minimum absolute atomic E-state index is 0.374. The molecule has 1 unspecified atom stereocenters. The summed E-state index contributed by atoms with van der Waals surface area (Å²) in [6.45, 7) is 1.94. The van der Waals surface area contributed by atoms with Gasteiger partial charge >= 0.3 is 0 Å². The van der Waals surface area contributed by atoms with Gasteiger partial charge in [0.2, 0.25) is 0 Å². The lowest BCUT2D eigenvalue weighted by atomic mass is 9.98. The number of nitrogens with zero attached hydrogens (tertiary/aromatic N) is 6. The second kappa shape index (κ2) is 8.28. The average Bonchev–Trinajstić information content (AvgIpc) is 3.53. The van der Waals surface area contributed by atoms with Crippen LogP contribution >= 0.6 is 11.6 Å². The summed E-state index contributed by atoms with van der Waals surface area (Å²) in [7, 11) is 2.26. The van der Waals surface area contributed by atoms with Crippen LogP contribution in [-0.2, 0) is 0 Å². The number of benzene rings is 2. The molecule has 7 rings (SSSR count). The van der Waals surface area contributed by atoms with Crippen molar-refractivity contribution in [3.63, 3.8) is 0 Å². The van der Waals surface area contributed by atoms with Crippen molar-refractivity contribution in [2.24, 2.45) is 0 Å². The van der Waals surface area contributed by atoms with Crippen molar-refractivity contribution in [1.82, 2.24) is 34.6 Å². The second-order valence-corrected chi connectivity index (χ2v) is 10.4. The van der Waals surface area contributed by atoms with Crippen molar-refractivity contribution in [1.29, 1.82) is 0 Å². The number of rotatable bonds is 4. The van der Waals surface area contributed by atoms with Crippen LogP contribution in [0.3, 0.4) is 0 Å². The largest absolute Gasteiger partial charge is 0.457 e. The van der Waals surface area contributed by atoms with Crippen molar-refractivity contribution in [3.8, 4) is 22.8 Å². The first-order valence-corrected chi connectivity index (χ1v) is 12.8. The van der Waals surface area contributed by atoms with Crippen LogP contribution in [0.2, 0.25) is 5.15 Å². The van der Waals surface area contributed by atoms with Crippen LogP contribution in [0.4, 0.5) is 0 Å². The quantitative estimate of drug-likeness (QED) is 0.330. The third-order valence-electron chi connectivity index (χ3n) is 7.72. The molecule has 2 bridgehead atoms. The molecule has 0 saturated carbocycles. The molecule has 36 heavy (non-hydrogen) atoms. The maximum Gasteiger partial charge on any atom is 0.156 e. The van der Waals surface area contributed by atoms with Crippen molar-refractivity contribution >= 4 is 33.7 Å². The molecular formula is C27H26ClN7O.